The molecule has 7 rings (SSSR count). The van der Waals surface area contributed by atoms with E-state index in [1.165, 1.54) is 5.56 Å². The number of alkyl halides is 1. The number of carbonyl (C=O) groups is 1. The Hall–Kier alpha value is -3.49. The average molecular weight is 647 g/mol. The predicted molar refractivity (Wildman–Crippen MR) is 175 cm³/mol. The summed E-state index contributed by atoms with van der Waals surface area (Å²) >= 11 is 0. The van der Waals surface area contributed by atoms with Crippen LogP contribution in [0.3, 0.4) is 0 Å². The number of anilines is 2. The fourth-order valence-electron chi connectivity index (χ4n) is 8.60. The van der Waals surface area contributed by atoms with Crippen LogP contribution in [0.2, 0.25) is 0 Å². The van der Waals surface area contributed by atoms with E-state index in [2.05, 4.69) is 27.3 Å². The van der Waals surface area contributed by atoms with Gasteiger partial charge in [0.25, 0.3) is 0 Å². The van der Waals surface area contributed by atoms with Crippen LogP contribution in [0.4, 0.5) is 20.7 Å². The highest BCUT2D eigenvalue weighted by Crippen LogP contribution is 2.47. The van der Waals surface area contributed by atoms with Crippen LogP contribution >= 0.6 is 0 Å². The molecule has 4 aliphatic heterocycles. The Labute approximate surface area is 277 Å². The summed E-state index contributed by atoms with van der Waals surface area (Å²) in [5.41, 5.74) is 3.32. The summed E-state index contributed by atoms with van der Waals surface area (Å²) < 4.78 is 33.4. The van der Waals surface area contributed by atoms with E-state index in [0.29, 0.717) is 50.7 Å². The van der Waals surface area contributed by atoms with E-state index in [9.17, 15) is 14.4 Å². The number of hydrogen-bond donors (Lipinski definition) is 1. The maximum Gasteiger partial charge on any atom is 0.412 e. The molecule has 0 bridgehead atoms. The van der Waals surface area contributed by atoms with Gasteiger partial charge in [-0.05, 0) is 101 Å². The standard InChI is InChI=1S/C36H47FN6O4/c1-34(2,3)47-33(44)39-27-10-9-25-8-4-13-36(29(25)17-27)19-30-28(22-46-36)31(42-15-5-7-24(20-42)11-14-38)41-32(40-30)45-23-35-12-6-16-43(35)21-26(37)18-35/h9-10,17,24,26H,4-8,11-13,15-16,18-23H2,1-3H3,(H,39,44)/t24?,26-,35+,36+/m1/s1. The Morgan fingerprint density at radius 3 is 2.89 bits per heavy atom. The quantitative estimate of drug-likeness (QED) is 0.391. The fourth-order valence-corrected chi connectivity index (χ4v) is 8.60. The van der Waals surface area contributed by atoms with Gasteiger partial charge in [0.15, 0.2) is 0 Å². The van der Waals surface area contributed by atoms with Gasteiger partial charge in [-0.25, -0.2) is 9.18 Å². The molecule has 47 heavy (non-hydrogen) atoms. The van der Waals surface area contributed by atoms with Crippen molar-refractivity contribution >= 4 is 17.6 Å². The lowest BCUT2D eigenvalue weighted by atomic mass is 9.74. The van der Waals surface area contributed by atoms with E-state index in [-0.39, 0.29) is 11.5 Å². The third-order valence-corrected chi connectivity index (χ3v) is 10.7. The van der Waals surface area contributed by atoms with Gasteiger partial charge >= 0.3 is 12.1 Å². The Morgan fingerprint density at radius 1 is 1.19 bits per heavy atom. The summed E-state index contributed by atoms with van der Waals surface area (Å²) in [6, 6.07) is 8.72. The SMILES string of the molecule is CC(C)(C)OC(=O)Nc1ccc2c(c1)[C@]1(CCC2)Cc2nc(OC[C@@]34CCCN3C[C@H](F)C4)nc(N3CCCC(CC#N)C3)c2CO1. The number of piperidine rings is 1. The van der Waals surface area contributed by atoms with Crippen LogP contribution in [-0.2, 0) is 34.5 Å². The summed E-state index contributed by atoms with van der Waals surface area (Å²) in [6.45, 7) is 9.23. The second kappa shape index (κ2) is 12.5. The lowest BCUT2D eigenvalue weighted by Crippen LogP contribution is -2.44. The zero-order valence-corrected chi connectivity index (χ0v) is 27.9. The van der Waals surface area contributed by atoms with Crippen LogP contribution in [0, 0.1) is 17.2 Å². The highest BCUT2D eigenvalue weighted by molar-refractivity contribution is 5.85. The van der Waals surface area contributed by atoms with E-state index in [1.807, 2.05) is 32.9 Å². The summed E-state index contributed by atoms with van der Waals surface area (Å²) in [4.78, 5) is 27.2. The van der Waals surface area contributed by atoms with Crippen molar-refractivity contribution in [2.75, 3.05) is 43.0 Å². The number of nitriles is 1. The van der Waals surface area contributed by atoms with Crippen molar-refractivity contribution < 1.29 is 23.4 Å². The van der Waals surface area contributed by atoms with Gasteiger partial charge in [0.2, 0.25) is 0 Å². The number of benzene rings is 1. The minimum Gasteiger partial charge on any atom is -0.461 e. The van der Waals surface area contributed by atoms with Gasteiger partial charge in [0.05, 0.1) is 29.5 Å². The molecular formula is C36H47FN6O4. The maximum absolute atomic E-state index is 14.5. The number of aromatic nitrogens is 2. The van der Waals surface area contributed by atoms with Crippen LogP contribution in [0.25, 0.3) is 0 Å². The first-order valence-electron chi connectivity index (χ1n) is 17.4. The highest BCUT2D eigenvalue weighted by Gasteiger charge is 2.50. The molecule has 2 aromatic rings. The van der Waals surface area contributed by atoms with Crippen LogP contribution < -0.4 is 15.0 Å². The first-order chi connectivity index (χ1) is 22.5. The van der Waals surface area contributed by atoms with Gasteiger partial charge in [-0.3, -0.25) is 10.2 Å². The number of aryl methyl sites for hydroxylation is 1. The molecule has 11 heteroatoms. The summed E-state index contributed by atoms with van der Waals surface area (Å²) in [5.74, 6) is 1.11. The number of amides is 1. The topological polar surface area (TPSA) is 113 Å². The number of ether oxygens (including phenoxy) is 3. The number of carbonyl (C=O) groups excluding carboxylic acids is 1. The summed E-state index contributed by atoms with van der Waals surface area (Å²) in [7, 11) is 0. The Bertz CT molecular complexity index is 1560. The number of rotatable bonds is 6. The van der Waals surface area contributed by atoms with Crippen molar-refractivity contribution in [2.45, 2.75) is 114 Å². The van der Waals surface area contributed by atoms with Crippen LogP contribution in [-0.4, -0.2) is 71.1 Å². The van der Waals surface area contributed by atoms with Gasteiger partial charge in [0.1, 0.15) is 24.2 Å². The second-order valence-electron chi connectivity index (χ2n) is 15.2. The molecule has 0 radical (unpaired) electrons. The average Bonchev–Trinajstić information content (AvgIpc) is 3.55. The maximum atomic E-state index is 14.5. The van der Waals surface area contributed by atoms with Crippen molar-refractivity contribution in [3.05, 3.63) is 40.6 Å². The molecule has 1 aromatic carbocycles. The molecule has 5 aliphatic rings. The fraction of sp³-hybridized carbons (Fsp3) is 0.667. The Kier molecular flexibility index (Phi) is 8.54. The second-order valence-corrected chi connectivity index (χ2v) is 15.2. The molecular weight excluding hydrogens is 599 g/mol. The molecule has 1 amide bonds. The zero-order valence-electron chi connectivity index (χ0n) is 27.9. The number of nitrogens with zero attached hydrogens (tertiary/aromatic N) is 5. The minimum absolute atomic E-state index is 0.284. The molecule has 1 unspecified atom stereocenters. The Balaban J connectivity index is 1.21. The predicted octanol–water partition coefficient (Wildman–Crippen LogP) is 6.21. The molecule has 3 fully saturated rings. The van der Waals surface area contributed by atoms with Crippen LogP contribution in [0.5, 0.6) is 6.01 Å². The van der Waals surface area contributed by atoms with E-state index in [4.69, 9.17) is 24.2 Å². The van der Waals surface area contributed by atoms with Crippen molar-refractivity contribution in [3.63, 3.8) is 0 Å². The number of nitrogens with one attached hydrogen (secondary N) is 1. The Morgan fingerprint density at radius 2 is 2.06 bits per heavy atom. The summed E-state index contributed by atoms with van der Waals surface area (Å²) in [6.07, 6.45) is 6.96. The monoisotopic (exact) mass is 646 g/mol. The van der Waals surface area contributed by atoms with E-state index >= 15 is 0 Å². The third kappa shape index (κ3) is 6.51. The van der Waals surface area contributed by atoms with Gasteiger partial charge < -0.3 is 19.1 Å². The normalized spacial score (nSPS) is 28.7. The van der Waals surface area contributed by atoms with E-state index in [0.717, 1.165) is 87.2 Å². The molecule has 0 saturated carbocycles. The molecule has 5 heterocycles. The van der Waals surface area contributed by atoms with Crippen molar-refractivity contribution in [1.82, 2.24) is 14.9 Å². The van der Waals surface area contributed by atoms with Crippen LogP contribution in [0.1, 0.15) is 94.5 Å². The minimum atomic E-state index is -0.831. The lowest BCUT2D eigenvalue weighted by Gasteiger charge is -2.43. The summed E-state index contributed by atoms with van der Waals surface area (Å²) in [5, 5.41) is 12.3. The van der Waals surface area contributed by atoms with Crippen molar-refractivity contribution in [2.24, 2.45) is 5.92 Å². The first-order valence-corrected chi connectivity index (χ1v) is 17.4. The molecule has 10 nitrogen and oxygen atoms in total. The molecule has 1 aliphatic carbocycles. The van der Waals surface area contributed by atoms with Gasteiger partial charge in [-0.15, -0.1) is 0 Å². The van der Waals surface area contributed by atoms with Gasteiger partial charge in [-0.2, -0.15) is 15.2 Å². The number of hydrogen-bond acceptors (Lipinski definition) is 9. The first kappa shape index (κ1) is 32.1. The van der Waals surface area contributed by atoms with Gasteiger partial charge in [0, 0.05) is 50.1 Å². The van der Waals surface area contributed by atoms with Crippen LogP contribution in [0.15, 0.2) is 18.2 Å². The molecule has 4 atom stereocenters. The van der Waals surface area contributed by atoms with E-state index in [1.54, 1.807) is 0 Å². The number of halogens is 1. The van der Waals surface area contributed by atoms with E-state index < -0.39 is 23.5 Å². The lowest BCUT2D eigenvalue weighted by molar-refractivity contribution is -0.0855. The van der Waals surface area contributed by atoms with Gasteiger partial charge in [-0.1, -0.05) is 6.07 Å². The molecule has 252 valence electrons. The van der Waals surface area contributed by atoms with Crippen molar-refractivity contribution in [1.29, 1.82) is 5.26 Å². The molecule has 3 saturated heterocycles. The largest absolute Gasteiger partial charge is 0.461 e. The highest BCUT2D eigenvalue weighted by atomic mass is 19.1. The molecule has 1 spiro atoms. The molecule has 1 aromatic heterocycles. The smallest absolute Gasteiger partial charge is 0.412 e. The number of fused-ring (bicyclic) bond motifs is 4. The van der Waals surface area contributed by atoms with Crippen molar-refractivity contribution in [3.8, 4) is 12.1 Å². The molecule has 1 N–H and O–H groups in total. The zero-order chi connectivity index (χ0) is 32.8. The third-order valence-electron chi connectivity index (χ3n) is 10.7.